The number of aromatic amines is 1. The second-order valence-electron chi connectivity index (χ2n) is 9.43. The maximum atomic E-state index is 14.6. The number of anilines is 1. The molecule has 0 unspecified atom stereocenters. The minimum Gasteiger partial charge on any atom is -0.493 e. The van der Waals surface area contributed by atoms with Gasteiger partial charge in [0.2, 0.25) is 11.7 Å². The van der Waals surface area contributed by atoms with Gasteiger partial charge in [0.05, 0.1) is 18.2 Å². The molecule has 0 saturated carbocycles. The molecule has 0 spiro atoms. The highest BCUT2D eigenvalue weighted by atomic mass is 19.4. The number of halogens is 5. The molecule has 210 valence electrons. The molecule has 4 atom stereocenters. The molecule has 4 rings (SSSR count). The summed E-state index contributed by atoms with van der Waals surface area (Å²) in [5.74, 6) is -7.19. The van der Waals surface area contributed by atoms with Crippen LogP contribution in [0, 0.1) is 17.6 Å². The molecule has 0 bridgehead atoms. The second-order valence-corrected chi connectivity index (χ2v) is 9.43. The zero-order chi connectivity index (χ0) is 28.9. The largest absolute Gasteiger partial charge is 0.493 e. The molecule has 1 aromatic heterocycles. The topological polar surface area (TPSA) is 145 Å². The Morgan fingerprint density at radius 1 is 1.26 bits per heavy atom. The summed E-state index contributed by atoms with van der Waals surface area (Å²) >= 11 is 0. The Balaban J connectivity index is 1.90. The smallest absolute Gasteiger partial charge is 0.417 e. The molecule has 1 fully saturated rings. The number of alkyl halides is 3. The van der Waals surface area contributed by atoms with E-state index in [0.717, 1.165) is 26.2 Å². The summed E-state index contributed by atoms with van der Waals surface area (Å²) in [4.78, 5) is 31.4. The number of carbonyl (C=O) groups excluding carboxylic acids is 2. The highest BCUT2D eigenvalue weighted by molar-refractivity contribution is 6.06. The van der Waals surface area contributed by atoms with Gasteiger partial charge in [-0.25, -0.2) is 9.37 Å². The van der Waals surface area contributed by atoms with Crippen molar-refractivity contribution in [3.05, 3.63) is 52.9 Å². The van der Waals surface area contributed by atoms with Gasteiger partial charge in [0.1, 0.15) is 17.4 Å². The molecule has 39 heavy (non-hydrogen) atoms. The quantitative estimate of drug-likeness (QED) is 0.324. The van der Waals surface area contributed by atoms with Gasteiger partial charge in [0.25, 0.3) is 5.91 Å². The van der Waals surface area contributed by atoms with Crippen LogP contribution in [0.4, 0.5) is 27.6 Å². The summed E-state index contributed by atoms with van der Waals surface area (Å²) < 4.78 is 82.1. The minimum atomic E-state index is -4.85. The van der Waals surface area contributed by atoms with Crippen LogP contribution in [-0.2, 0) is 9.53 Å². The van der Waals surface area contributed by atoms with E-state index in [0.29, 0.717) is 0 Å². The fourth-order valence-corrected chi connectivity index (χ4v) is 4.94. The Labute approximate surface area is 219 Å². The predicted molar refractivity (Wildman–Crippen MR) is 130 cm³/mol. The predicted octanol–water partition coefficient (Wildman–Crippen LogP) is 4.05. The van der Waals surface area contributed by atoms with Gasteiger partial charge in [-0.15, -0.1) is 0 Å². The van der Waals surface area contributed by atoms with Crippen molar-refractivity contribution in [3.63, 3.8) is 0 Å². The van der Waals surface area contributed by atoms with Crippen molar-refractivity contribution >= 4 is 28.5 Å². The minimum absolute atomic E-state index is 0.000260. The number of fused-ring (bicyclic) bond motifs is 1. The first-order chi connectivity index (χ1) is 18.2. The molecular weight excluding hydrogens is 529 g/mol. The average molecular weight is 556 g/mol. The average Bonchev–Trinajstić information content (AvgIpc) is 3.39. The number of nitrogens with zero attached hydrogens (tertiary/aromatic N) is 1. The lowest BCUT2D eigenvalue weighted by atomic mass is 9.77. The van der Waals surface area contributed by atoms with Crippen LogP contribution in [0.1, 0.15) is 54.0 Å². The normalized spacial score (nSPS) is 23.3. The SMILES string of the molecule is COc1c([C@H]2[C@H](c3nc4c(C(N)=O)cc(NC(=O)CCN)cc4[nH]3)O[C@@](C)(C(F)(F)F)[C@H]2C)ccc(F)c1F. The monoisotopic (exact) mass is 555 g/mol. The Morgan fingerprint density at radius 2 is 1.95 bits per heavy atom. The number of hydrogen-bond donors (Lipinski definition) is 4. The van der Waals surface area contributed by atoms with Crippen LogP contribution in [0.3, 0.4) is 0 Å². The summed E-state index contributed by atoms with van der Waals surface area (Å²) in [5, 5.41) is 2.56. The van der Waals surface area contributed by atoms with Gasteiger partial charge in [-0.2, -0.15) is 17.6 Å². The molecule has 2 aromatic carbocycles. The molecule has 1 aliphatic heterocycles. The summed E-state index contributed by atoms with van der Waals surface area (Å²) in [7, 11) is 1.07. The van der Waals surface area contributed by atoms with Crippen molar-refractivity contribution < 1.29 is 41.0 Å². The Hall–Kier alpha value is -3.78. The molecule has 0 aliphatic carbocycles. The number of amides is 2. The van der Waals surface area contributed by atoms with Crippen LogP contribution in [-0.4, -0.2) is 47.2 Å². The van der Waals surface area contributed by atoms with Crippen molar-refractivity contribution in [1.29, 1.82) is 0 Å². The lowest BCUT2D eigenvalue weighted by molar-refractivity contribution is -0.275. The maximum absolute atomic E-state index is 14.6. The third kappa shape index (κ3) is 4.78. The summed E-state index contributed by atoms with van der Waals surface area (Å²) in [5.41, 5.74) is 8.35. The number of benzene rings is 2. The van der Waals surface area contributed by atoms with Gasteiger partial charge < -0.3 is 31.2 Å². The van der Waals surface area contributed by atoms with E-state index in [2.05, 4.69) is 15.3 Å². The molecule has 2 heterocycles. The number of rotatable bonds is 7. The molecule has 0 radical (unpaired) electrons. The molecule has 9 nitrogen and oxygen atoms in total. The van der Waals surface area contributed by atoms with Crippen molar-refractivity contribution in [3.8, 4) is 5.75 Å². The fourth-order valence-electron chi connectivity index (χ4n) is 4.94. The van der Waals surface area contributed by atoms with Crippen LogP contribution >= 0.6 is 0 Å². The van der Waals surface area contributed by atoms with Gasteiger partial charge in [-0.05, 0) is 25.1 Å². The van der Waals surface area contributed by atoms with Gasteiger partial charge in [-0.3, -0.25) is 9.59 Å². The highest BCUT2D eigenvalue weighted by Gasteiger charge is 2.65. The molecule has 1 aliphatic rings. The lowest BCUT2D eigenvalue weighted by Crippen LogP contribution is -2.46. The van der Waals surface area contributed by atoms with Gasteiger partial charge in [-0.1, -0.05) is 13.0 Å². The van der Waals surface area contributed by atoms with Crippen molar-refractivity contribution in [2.45, 2.75) is 44.1 Å². The summed E-state index contributed by atoms with van der Waals surface area (Å²) in [6.45, 7) is 2.22. The second kappa shape index (κ2) is 10.1. The Bertz CT molecular complexity index is 1440. The van der Waals surface area contributed by atoms with Crippen LogP contribution in [0.5, 0.6) is 5.75 Å². The van der Waals surface area contributed by atoms with E-state index in [-0.39, 0.29) is 46.6 Å². The standard InChI is InChI=1S/C25H26F5N5O4/c1-10-17(12-4-5-14(26)18(27)20(12)38-3)21(39-24(10,2)25(28,29)30)23-34-15-9-11(33-16(36)6-7-31)8-13(22(32)37)19(15)35-23/h4-5,8-10,17,21H,6-7,31H2,1-3H3,(H2,32,37)(H,33,36)(H,34,35)/t10-,17-,21+,24+/m0/s1. The molecule has 2 amide bonds. The van der Waals surface area contributed by atoms with E-state index < -0.39 is 58.9 Å². The Morgan fingerprint density at radius 3 is 2.54 bits per heavy atom. The van der Waals surface area contributed by atoms with Crippen molar-refractivity contribution in [2.24, 2.45) is 17.4 Å². The van der Waals surface area contributed by atoms with E-state index >= 15 is 0 Å². The van der Waals surface area contributed by atoms with Gasteiger partial charge in [0, 0.05) is 36.1 Å². The van der Waals surface area contributed by atoms with Gasteiger partial charge in [0.15, 0.2) is 17.2 Å². The zero-order valence-electron chi connectivity index (χ0n) is 21.1. The molecular formula is C25H26F5N5O4. The van der Waals surface area contributed by atoms with Crippen LogP contribution in [0.2, 0.25) is 0 Å². The number of nitrogens with two attached hydrogens (primary N) is 2. The van der Waals surface area contributed by atoms with E-state index in [1.807, 2.05) is 0 Å². The van der Waals surface area contributed by atoms with Gasteiger partial charge >= 0.3 is 6.18 Å². The van der Waals surface area contributed by atoms with Crippen molar-refractivity contribution in [2.75, 3.05) is 19.0 Å². The van der Waals surface area contributed by atoms with Crippen molar-refractivity contribution in [1.82, 2.24) is 9.97 Å². The number of H-pyrrole nitrogens is 1. The lowest BCUT2D eigenvalue weighted by Gasteiger charge is -2.32. The van der Waals surface area contributed by atoms with E-state index in [1.165, 1.54) is 19.1 Å². The number of primary amides is 1. The molecule has 6 N–H and O–H groups in total. The number of nitrogens with one attached hydrogen (secondary N) is 2. The third-order valence-electron chi connectivity index (χ3n) is 7.11. The number of hydrogen-bond acceptors (Lipinski definition) is 6. The summed E-state index contributed by atoms with van der Waals surface area (Å²) in [6.07, 6.45) is -6.32. The number of methoxy groups -OCH3 is 1. The van der Waals surface area contributed by atoms with Crippen LogP contribution in [0.25, 0.3) is 11.0 Å². The van der Waals surface area contributed by atoms with E-state index in [1.54, 1.807) is 0 Å². The molecule has 14 heteroatoms. The Kier molecular flexibility index (Phi) is 7.29. The fraction of sp³-hybridized carbons (Fsp3) is 0.400. The van der Waals surface area contributed by atoms with E-state index in [9.17, 15) is 31.5 Å². The first-order valence-corrected chi connectivity index (χ1v) is 11.8. The number of imidazole rings is 1. The number of ether oxygens (including phenoxy) is 2. The maximum Gasteiger partial charge on any atom is 0.417 e. The third-order valence-corrected chi connectivity index (χ3v) is 7.11. The first-order valence-electron chi connectivity index (χ1n) is 11.8. The number of aromatic nitrogens is 2. The molecule has 3 aromatic rings. The van der Waals surface area contributed by atoms with E-state index in [4.69, 9.17) is 20.9 Å². The zero-order valence-corrected chi connectivity index (χ0v) is 21.1. The number of carbonyl (C=O) groups is 2. The van der Waals surface area contributed by atoms with Crippen LogP contribution in [0.15, 0.2) is 24.3 Å². The highest BCUT2D eigenvalue weighted by Crippen LogP contribution is 2.59. The molecule has 1 saturated heterocycles. The summed E-state index contributed by atoms with van der Waals surface area (Å²) in [6, 6.07) is 4.62. The van der Waals surface area contributed by atoms with Crippen LogP contribution < -0.4 is 21.5 Å². The first kappa shape index (κ1) is 28.2.